The first-order valence-corrected chi connectivity index (χ1v) is 7.51. The van der Waals surface area contributed by atoms with Crippen molar-refractivity contribution in [2.75, 3.05) is 0 Å². The number of carboxylic acid groups (broad SMARTS) is 1. The summed E-state index contributed by atoms with van der Waals surface area (Å²) in [5.74, 6) is -2.41. The standard InChI is InChI=1S/C18H10F3NO5/c19-18(20,21)16-13(17(24)25)8-11-7-10(3-6-14(11)27-16)15(23)9-1-4-12(22-26)5-2-9/h1-8,16H,(H,24,25). The van der Waals surface area contributed by atoms with Crippen LogP contribution in [0.3, 0.4) is 0 Å². The molecular formula is C18H10F3NO5. The smallest absolute Gasteiger partial charge is 0.430 e. The second-order valence-corrected chi connectivity index (χ2v) is 5.66. The van der Waals surface area contributed by atoms with Crippen molar-refractivity contribution in [2.45, 2.75) is 12.3 Å². The summed E-state index contributed by atoms with van der Waals surface area (Å²) in [5.41, 5.74) is -0.436. The van der Waals surface area contributed by atoms with Crippen molar-refractivity contribution in [3.8, 4) is 5.75 Å². The number of halogens is 3. The van der Waals surface area contributed by atoms with Crippen LogP contribution in [0.15, 0.2) is 53.2 Å². The van der Waals surface area contributed by atoms with Crippen molar-refractivity contribution >= 4 is 23.5 Å². The molecule has 1 atom stereocenters. The lowest BCUT2D eigenvalue weighted by atomic mass is 9.96. The lowest BCUT2D eigenvalue weighted by Gasteiger charge is -2.27. The van der Waals surface area contributed by atoms with E-state index < -0.39 is 29.6 Å². The topological polar surface area (TPSA) is 93.0 Å². The number of alkyl halides is 3. The van der Waals surface area contributed by atoms with Gasteiger partial charge >= 0.3 is 12.1 Å². The van der Waals surface area contributed by atoms with Crippen molar-refractivity contribution in [3.63, 3.8) is 0 Å². The Hall–Kier alpha value is -3.49. The van der Waals surface area contributed by atoms with Crippen molar-refractivity contribution in [1.82, 2.24) is 0 Å². The molecule has 0 bridgehead atoms. The van der Waals surface area contributed by atoms with Gasteiger partial charge in [-0.3, -0.25) is 4.79 Å². The predicted molar refractivity (Wildman–Crippen MR) is 87.9 cm³/mol. The monoisotopic (exact) mass is 377 g/mol. The van der Waals surface area contributed by atoms with Crippen molar-refractivity contribution in [3.05, 3.63) is 69.6 Å². The number of carbonyl (C=O) groups is 2. The van der Waals surface area contributed by atoms with Gasteiger partial charge in [0, 0.05) is 16.7 Å². The van der Waals surface area contributed by atoms with Crippen LogP contribution in [0.5, 0.6) is 5.75 Å². The van der Waals surface area contributed by atoms with E-state index >= 15 is 0 Å². The summed E-state index contributed by atoms with van der Waals surface area (Å²) in [4.78, 5) is 34.1. The number of hydrogen-bond acceptors (Lipinski definition) is 5. The molecule has 0 saturated carbocycles. The Morgan fingerprint density at radius 1 is 1.04 bits per heavy atom. The highest BCUT2D eigenvalue weighted by molar-refractivity contribution is 6.09. The number of nitroso groups, excluding NO2 is 1. The van der Waals surface area contributed by atoms with Crippen LogP contribution in [0.1, 0.15) is 21.5 Å². The van der Waals surface area contributed by atoms with Gasteiger partial charge in [-0.2, -0.15) is 13.2 Å². The fourth-order valence-corrected chi connectivity index (χ4v) is 2.60. The molecule has 0 fully saturated rings. The van der Waals surface area contributed by atoms with E-state index in [-0.39, 0.29) is 28.1 Å². The van der Waals surface area contributed by atoms with Gasteiger partial charge in [0.1, 0.15) is 11.4 Å². The minimum Gasteiger partial charge on any atom is -0.478 e. The number of fused-ring (bicyclic) bond motifs is 1. The van der Waals surface area contributed by atoms with Gasteiger partial charge < -0.3 is 9.84 Å². The van der Waals surface area contributed by atoms with E-state index in [0.29, 0.717) is 0 Å². The largest absolute Gasteiger partial charge is 0.478 e. The summed E-state index contributed by atoms with van der Waals surface area (Å²) in [6, 6.07) is 9.16. The van der Waals surface area contributed by atoms with Crippen LogP contribution in [0.4, 0.5) is 18.9 Å². The van der Waals surface area contributed by atoms with Crippen LogP contribution in [0, 0.1) is 4.91 Å². The lowest BCUT2D eigenvalue weighted by Crippen LogP contribution is -2.40. The number of benzene rings is 2. The van der Waals surface area contributed by atoms with Crippen molar-refractivity contribution < 1.29 is 32.6 Å². The maximum absolute atomic E-state index is 13.0. The van der Waals surface area contributed by atoms with E-state index in [0.717, 1.165) is 6.08 Å². The first-order valence-electron chi connectivity index (χ1n) is 7.51. The zero-order chi connectivity index (χ0) is 19.8. The van der Waals surface area contributed by atoms with E-state index in [1.807, 2.05) is 0 Å². The van der Waals surface area contributed by atoms with Gasteiger partial charge in [0.2, 0.25) is 6.10 Å². The lowest BCUT2D eigenvalue weighted by molar-refractivity contribution is -0.187. The highest BCUT2D eigenvalue weighted by Crippen LogP contribution is 2.37. The van der Waals surface area contributed by atoms with Crippen LogP contribution in [-0.2, 0) is 4.79 Å². The molecule has 138 valence electrons. The van der Waals surface area contributed by atoms with Crippen molar-refractivity contribution in [1.29, 1.82) is 0 Å². The molecule has 27 heavy (non-hydrogen) atoms. The first kappa shape index (κ1) is 18.3. The summed E-state index contributed by atoms with van der Waals surface area (Å²) in [7, 11) is 0. The van der Waals surface area contributed by atoms with E-state index in [1.54, 1.807) is 0 Å². The molecule has 9 heteroatoms. The number of hydrogen-bond donors (Lipinski definition) is 1. The summed E-state index contributed by atoms with van der Waals surface area (Å²) >= 11 is 0. The molecule has 1 heterocycles. The second kappa shape index (κ2) is 6.67. The van der Waals surface area contributed by atoms with Gasteiger partial charge in [-0.15, -0.1) is 4.91 Å². The summed E-state index contributed by atoms with van der Waals surface area (Å²) in [6.07, 6.45) is -6.65. The number of carboxylic acids is 1. The van der Waals surface area contributed by atoms with Gasteiger partial charge in [-0.25, -0.2) is 4.79 Å². The zero-order valence-electron chi connectivity index (χ0n) is 13.4. The number of rotatable bonds is 4. The van der Waals surface area contributed by atoms with Crippen LogP contribution >= 0.6 is 0 Å². The quantitative estimate of drug-likeness (QED) is 0.639. The zero-order valence-corrected chi connectivity index (χ0v) is 13.4. The molecule has 1 aliphatic heterocycles. The van der Waals surface area contributed by atoms with Crippen LogP contribution in [0.25, 0.3) is 6.08 Å². The highest BCUT2D eigenvalue weighted by atomic mass is 19.4. The van der Waals surface area contributed by atoms with E-state index in [4.69, 9.17) is 9.84 Å². The molecule has 0 aromatic heterocycles. The third-order valence-electron chi connectivity index (χ3n) is 3.89. The molecule has 2 aromatic rings. The average Bonchev–Trinajstić information content (AvgIpc) is 2.65. The van der Waals surface area contributed by atoms with Gasteiger partial charge in [0.05, 0.1) is 5.57 Å². The SMILES string of the molecule is O=Nc1ccc(C(=O)c2ccc3c(c2)C=C(C(=O)O)C(C(F)(F)F)O3)cc1. The Labute approximate surface area is 149 Å². The number of ketones is 1. The van der Waals surface area contributed by atoms with E-state index in [9.17, 15) is 27.7 Å². The summed E-state index contributed by atoms with van der Waals surface area (Å²) in [6.45, 7) is 0. The molecule has 1 N–H and O–H groups in total. The molecule has 3 rings (SSSR count). The average molecular weight is 377 g/mol. The molecule has 1 aliphatic rings. The molecule has 2 aromatic carbocycles. The maximum atomic E-state index is 13.0. The van der Waals surface area contributed by atoms with Crippen LogP contribution in [-0.4, -0.2) is 29.1 Å². The number of nitrogens with zero attached hydrogens (tertiary/aromatic N) is 1. The second-order valence-electron chi connectivity index (χ2n) is 5.66. The maximum Gasteiger partial charge on any atom is 0.430 e. The summed E-state index contributed by atoms with van der Waals surface area (Å²) in [5, 5.41) is 11.8. The van der Waals surface area contributed by atoms with Crippen LogP contribution in [0.2, 0.25) is 0 Å². The van der Waals surface area contributed by atoms with Gasteiger partial charge in [0.25, 0.3) is 0 Å². The Bertz CT molecular complexity index is 964. The molecule has 0 aliphatic carbocycles. The van der Waals surface area contributed by atoms with E-state index in [1.165, 1.54) is 42.5 Å². The number of carbonyl (C=O) groups excluding carboxylic acids is 1. The molecule has 1 unspecified atom stereocenters. The minimum atomic E-state index is -4.90. The van der Waals surface area contributed by atoms with E-state index in [2.05, 4.69) is 5.18 Å². The highest BCUT2D eigenvalue weighted by Gasteiger charge is 2.48. The third-order valence-corrected chi connectivity index (χ3v) is 3.89. The number of aliphatic carboxylic acids is 1. The predicted octanol–water partition coefficient (Wildman–Crippen LogP) is 4.11. The van der Waals surface area contributed by atoms with Gasteiger partial charge in [-0.05, 0) is 53.7 Å². The molecule has 6 nitrogen and oxygen atoms in total. The first-order chi connectivity index (χ1) is 12.7. The fourth-order valence-electron chi connectivity index (χ4n) is 2.60. The molecule has 0 radical (unpaired) electrons. The Morgan fingerprint density at radius 3 is 2.22 bits per heavy atom. The Balaban J connectivity index is 1.99. The normalized spacial score (nSPS) is 16.0. The molecule has 0 spiro atoms. The van der Waals surface area contributed by atoms with Gasteiger partial charge in [-0.1, -0.05) is 0 Å². The van der Waals surface area contributed by atoms with Gasteiger partial charge in [0.15, 0.2) is 5.78 Å². The molecule has 0 amide bonds. The molecular weight excluding hydrogens is 367 g/mol. The number of ether oxygens (including phenoxy) is 1. The Kier molecular flexibility index (Phi) is 4.52. The molecule has 0 saturated heterocycles. The fraction of sp³-hybridized carbons (Fsp3) is 0.111. The van der Waals surface area contributed by atoms with Crippen molar-refractivity contribution in [2.24, 2.45) is 5.18 Å². The Morgan fingerprint density at radius 2 is 1.67 bits per heavy atom. The minimum absolute atomic E-state index is 0.0462. The summed E-state index contributed by atoms with van der Waals surface area (Å²) < 4.78 is 43.9. The van der Waals surface area contributed by atoms with Crippen LogP contribution < -0.4 is 4.74 Å². The third kappa shape index (κ3) is 3.57.